The first-order valence-corrected chi connectivity index (χ1v) is 11.2. The maximum absolute atomic E-state index is 12.9. The van der Waals surface area contributed by atoms with Gasteiger partial charge in [0.15, 0.2) is 0 Å². The highest BCUT2D eigenvalue weighted by Gasteiger charge is 2.22. The fourth-order valence-electron chi connectivity index (χ4n) is 3.13. The Labute approximate surface area is 178 Å². The average molecular weight is 423 g/mol. The number of hydrogen-bond donors (Lipinski definition) is 1. The molecule has 3 aromatic carbocycles. The summed E-state index contributed by atoms with van der Waals surface area (Å²) in [4.78, 5) is 13.0. The average Bonchev–Trinajstić information content (AvgIpc) is 2.75. The third-order valence-corrected chi connectivity index (χ3v) is 7.05. The predicted octanol–water partition coefficient (Wildman–Crippen LogP) is 4.62. The summed E-state index contributed by atoms with van der Waals surface area (Å²) < 4.78 is 26.9. The van der Waals surface area contributed by atoms with E-state index in [0.717, 1.165) is 5.56 Å². The molecule has 0 spiro atoms. The lowest BCUT2D eigenvalue weighted by Gasteiger charge is -2.20. The van der Waals surface area contributed by atoms with Crippen molar-refractivity contribution in [2.24, 2.45) is 0 Å². The normalized spacial score (nSPS) is 12.3. The second-order valence-corrected chi connectivity index (χ2v) is 9.34. The van der Waals surface area contributed by atoms with Gasteiger partial charge in [-0.05, 0) is 67.8 Å². The van der Waals surface area contributed by atoms with Gasteiger partial charge in [0.25, 0.3) is 15.9 Å². The van der Waals surface area contributed by atoms with E-state index in [1.807, 2.05) is 32.9 Å². The van der Waals surface area contributed by atoms with Crippen LogP contribution in [0.25, 0.3) is 0 Å². The summed E-state index contributed by atoms with van der Waals surface area (Å²) >= 11 is 0. The second-order valence-electron chi connectivity index (χ2n) is 7.37. The minimum Gasteiger partial charge on any atom is -0.346 e. The molecule has 0 bridgehead atoms. The Morgan fingerprint density at radius 2 is 1.60 bits per heavy atom. The number of carbonyl (C=O) groups excluding carboxylic acids is 1. The van der Waals surface area contributed by atoms with E-state index in [-0.39, 0.29) is 16.8 Å². The van der Waals surface area contributed by atoms with E-state index in [2.05, 4.69) is 11.4 Å². The third-order valence-electron chi connectivity index (χ3n) is 5.25. The molecule has 3 rings (SSSR count). The van der Waals surface area contributed by atoms with Gasteiger partial charge in [0.05, 0.1) is 16.6 Å². The Bertz CT molecular complexity index is 1160. The number of carbonyl (C=O) groups is 1. The zero-order valence-electron chi connectivity index (χ0n) is 17.6. The summed E-state index contributed by atoms with van der Waals surface area (Å²) in [5, 5.41) is 2.99. The van der Waals surface area contributed by atoms with Crippen molar-refractivity contribution in [1.82, 2.24) is 5.32 Å². The second kappa shape index (κ2) is 8.71. The predicted molar refractivity (Wildman–Crippen MR) is 120 cm³/mol. The molecule has 3 aromatic rings. The van der Waals surface area contributed by atoms with E-state index < -0.39 is 10.0 Å². The van der Waals surface area contributed by atoms with E-state index in [1.165, 1.54) is 22.5 Å². The molecule has 0 heterocycles. The largest absolute Gasteiger partial charge is 0.346 e. The van der Waals surface area contributed by atoms with Crippen LogP contribution in [0, 0.1) is 13.8 Å². The van der Waals surface area contributed by atoms with Crippen molar-refractivity contribution in [3.05, 3.63) is 95.1 Å². The van der Waals surface area contributed by atoms with Crippen LogP contribution in [0.1, 0.15) is 40.0 Å². The smallest absolute Gasteiger partial charge is 0.264 e. The van der Waals surface area contributed by atoms with Gasteiger partial charge in [0.2, 0.25) is 0 Å². The highest BCUT2D eigenvalue weighted by atomic mass is 32.2. The zero-order valence-corrected chi connectivity index (χ0v) is 18.4. The maximum atomic E-state index is 12.9. The number of hydrogen-bond acceptors (Lipinski definition) is 3. The highest BCUT2D eigenvalue weighted by molar-refractivity contribution is 7.92. The van der Waals surface area contributed by atoms with Gasteiger partial charge >= 0.3 is 0 Å². The monoisotopic (exact) mass is 422 g/mol. The molecule has 0 saturated heterocycles. The Hall–Kier alpha value is -3.12. The van der Waals surface area contributed by atoms with E-state index >= 15 is 0 Å². The molecule has 1 unspecified atom stereocenters. The van der Waals surface area contributed by atoms with Crippen LogP contribution in [0.5, 0.6) is 0 Å². The first-order valence-electron chi connectivity index (χ1n) is 9.72. The lowest BCUT2D eigenvalue weighted by atomic mass is 10.0. The number of aryl methyl sites for hydroxylation is 2. The SMILES string of the molecule is Cc1ccc(C(C)NC(=O)c2cccc(N(C)S(=O)(=O)c3ccccc3)c2)cc1C. The molecule has 0 aliphatic carbocycles. The fourth-order valence-corrected chi connectivity index (χ4v) is 4.34. The Morgan fingerprint density at radius 1 is 0.900 bits per heavy atom. The Kier molecular flexibility index (Phi) is 6.27. The Balaban J connectivity index is 1.80. The molecule has 6 heteroatoms. The number of benzene rings is 3. The number of amides is 1. The molecule has 5 nitrogen and oxygen atoms in total. The molecule has 156 valence electrons. The third kappa shape index (κ3) is 4.54. The number of nitrogens with one attached hydrogen (secondary N) is 1. The van der Waals surface area contributed by atoms with E-state index in [9.17, 15) is 13.2 Å². The van der Waals surface area contributed by atoms with Crippen LogP contribution >= 0.6 is 0 Å². The van der Waals surface area contributed by atoms with Crippen LogP contribution in [-0.2, 0) is 10.0 Å². The van der Waals surface area contributed by atoms with Crippen LogP contribution in [0.2, 0.25) is 0 Å². The minimum atomic E-state index is -3.71. The van der Waals surface area contributed by atoms with Crippen LogP contribution in [0.15, 0.2) is 77.7 Å². The lowest BCUT2D eigenvalue weighted by molar-refractivity contribution is 0.0940. The van der Waals surface area contributed by atoms with Gasteiger partial charge < -0.3 is 5.32 Å². The molecule has 0 aliphatic rings. The number of anilines is 1. The van der Waals surface area contributed by atoms with Crippen molar-refractivity contribution < 1.29 is 13.2 Å². The summed E-state index contributed by atoms with van der Waals surface area (Å²) in [5.41, 5.74) is 4.21. The quantitative estimate of drug-likeness (QED) is 0.630. The Morgan fingerprint density at radius 3 is 2.27 bits per heavy atom. The van der Waals surface area contributed by atoms with E-state index in [4.69, 9.17) is 0 Å². The summed E-state index contributed by atoms with van der Waals surface area (Å²) in [6.07, 6.45) is 0. The number of rotatable bonds is 6. The standard InChI is InChI=1S/C24H26N2O3S/c1-17-13-14-20(15-18(17)2)19(3)25-24(27)21-9-8-10-22(16-21)26(4)30(28,29)23-11-6-5-7-12-23/h5-16,19H,1-4H3,(H,25,27). The molecule has 0 fully saturated rings. The van der Waals surface area contributed by atoms with Gasteiger partial charge in [0.1, 0.15) is 0 Å². The van der Waals surface area contributed by atoms with Gasteiger partial charge in [-0.15, -0.1) is 0 Å². The van der Waals surface area contributed by atoms with Crippen LogP contribution < -0.4 is 9.62 Å². The van der Waals surface area contributed by atoms with E-state index in [1.54, 1.807) is 54.6 Å². The summed E-state index contributed by atoms with van der Waals surface area (Å²) in [5.74, 6) is -0.256. The first-order chi connectivity index (χ1) is 14.2. The molecule has 0 saturated carbocycles. The number of nitrogens with zero attached hydrogens (tertiary/aromatic N) is 1. The highest BCUT2D eigenvalue weighted by Crippen LogP contribution is 2.23. The summed E-state index contributed by atoms with van der Waals surface area (Å²) in [7, 11) is -2.22. The number of sulfonamides is 1. The molecular weight excluding hydrogens is 396 g/mol. The van der Waals surface area contributed by atoms with Crippen LogP contribution in [0.4, 0.5) is 5.69 Å². The minimum absolute atomic E-state index is 0.175. The fraction of sp³-hybridized carbons (Fsp3) is 0.208. The summed E-state index contributed by atoms with van der Waals surface area (Å²) in [6.45, 7) is 6.02. The van der Waals surface area contributed by atoms with Crippen molar-refractivity contribution in [3.63, 3.8) is 0 Å². The van der Waals surface area contributed by atoms with Gasteiger partial charge in [-0.25, -0.2) is 8.42 Å². The molecule has 1 N–H and O–H groups in total. The van der Waals surface area contributed by atoms with Crippen LogP contribution in [0.3, 0.4) is 0 Å². The molecule has 0 aliphatic heterocycles. The topological polar surface area (TPSA) is 66.5 Å². The molecule has 0 radical (unpaired) electrons. The maximum Gasteiger partial charge on any atom is 0.264 e. The van der Waals surface area contributed by atoms with E-state index in [0.29, 0.717) is 11.3 Å². The van der Waals surface area contributed by atoms with Crippen molar-refractivity contribution in [2.45, 2.75) is 31.7 Å². The molecule has 1 amide bonds. The van der Waals surface area contributed by atoms with Gasteiger partial charge in [0, 0.05) is 12.6 Å². The summed E-state index contributed by atoms with van der Waals surface area (Å²) in [6, 6.07) is 20.8. The molecular formula is C24H26N2O3S. The van der Waals surface area contributed by atoms with Crippen molar-refractivity contribution in [3.8, 4) is 0 Å². The lowest BCUT2D eigenvalue weighted by Crippen LogP contribution is -2.28. The van der Waals surface area contributed by atoms with Gasteiger partial charge in [-0.3, -0.25) is 9.10 Å². The zero-order chi connectivity index (χ0) is 21.9. The van der Waals surface area contributed by atoms with Crippen molar-refractivity contribution in [1.29, 1.82) is 0 Å². The molecule has 30 heavy (non-hydrogen) atoms. The van der Waals surface area contributed by atoms with Gasteiger partial charge in [-0.1, -0.05) is 42.5 Å². The van der Waals surface area contributed by atoms with Crippen LogP contribution in [-0.4, -0.2) is 21.4 Å². The molecule has 0 aromatic heterocycles. The van der Waals surface area contributed by atoms with Crippen molar-refractivity contribution >= 4 is 21.6 Å². The van der Waals surface area contributed by atoms with Crippen molar-refractivity contribution in [2.75, 3.05) is 11.4 Å². The molecule has 1 atom stereocenters. The first kappa shape index (κ1) is 21.6. The van der Waals surface area contributed by atoms with Gasteiger partial charge in [-0.2, -0.15) is 0 Å².